The molecule has 3 nitrogen and oxygen atoms in total. The molecule has 2 fully saturated rings. The lowest BCUT2D eigenvalue weighted by Gasteiger charge is -2.20. The number of nitrogens with one attached hydrogen (secondary N) is 1. The fraction of sp³-hybridized carbons (Fsp3) is 1.00. The summed E-state index contributed by atoms with van der Waals surface area (Å²) in [5.41, 5.74) is 0. The second-order valence-electron chi connectivity index (χ2n) is 4.77. The minimum atomic E-state index is -0.0961. The molecule has 0 saturated heterocycles. The van der Waals surface area contributed by atoms with Crippen LogP contribution in [0.3, 0.4) is 0 Å². The quantitative estimate of drug-likeness (QED) is 0.678. The molecule has 0 heterocycles. The summed E-state index contributed by atoms with van der Waals surface area (Å²) in [5, 5.41) is 13.1. The highest BCUT2D eigenvalue weighted by molar-refractivity contribution is 4.85. The van der Waals surface area contributed by atoms with Crippen LogP contribution in [0.15, 0.2) is 0 Å². The molecule has 2 atom stereocenters. The molecule has 0 aromatic heterocycles. The molecule has 0 spiro atoms. The van der Waals surface area contributed by atoms with Gasteiger partial charge in [0.25, 0.3) is 0 Å². The maximum Gasteiger partial charge on any atom is 0.0693 e. The van der Waals surface area contributed by atoms with Gasteiger partial charge >= 0.3 is 0 Å². The molecule has 0 unspecified atom stereocenters. The minimum Gasteiger partial charge on any atom is -0.392 e. The summed E-state index contributed by atoms with van der Waals surface area (Å²) in [5.74, 6) is 0. The first kappa shape index (κ1) is 10.4. The third kappa shape index (κ3) is 2.69. The van der Waals surface area contributed by atoms with E-state index in [1.54, 1.807) is 0 Å². The molecular formula is C11H22N2O. The highest BCUT2D eigenvalue weighted by atomic mass is 16.3. The Labute approximate surface area is 86.5 Å². The predicted octanol–water partition coefficient (Wildman–Crippen LogP) is 0.584. The van der Waals surface area contributed by atoms with Crippen LogP contribution in [0.25, 0.3) is 0 Å². The first-order valence-electron chi connectivity index (χ1n) is 5.89. The Balaban J connectivity index is 1.57. The molecule has 2 N–H and O–H groups in total. The molecule has 0 amide bonds. The zero-order chi connectivity index (χ0) is 9.97. The van der Waals surface area contributed by atoms with Crippen molar-refractivity contribution in [2.24, 2.45) is 0 Å². The zero-order valence-electron chi connectivity index (χ0n) is 9.08. The Morgan fingerprint density at radius 3 is 2.64 bits per heavy atom. The molecule has 0 radical (unpaired) electrons. The molecule has 82 valence electrons. The Morgan fingerprint density at radius 2 is 2.07 bits per heavy atom. The number of aliphatic hydroxyl groups excluding tert-OH is 1. The number of likely N-dealkylation sites (N-methyl/N-ethyl adjacent to an activating group) is 1. The van der Waals surface area contributed by atoms with Gasteiger partial charge in [-0.15, -0.1) is 0 Å². The summed E-state index contributed by atoms with van der Waals surface area (Å²) < 4.78 is 0. The fourth-order valence-electron chi connectivity index (χ4n) is 2.30. The highest BCUT2D eigenvalue weighted by Gasteiger charge is 2.27. The van der Waals surface area contributed by atoms with Crippen molar-refractivity contribution in [1.29, 1.82) is 0 Å². The number of nitrogens with zero attached hydrogens (tertiary/aromatic N) is 1. The molecule has 0 bridgehead atoms. The molecule has 2 aliphatic rings. The van der Waals surface area contributed by atoms with E-state index in [0.717, 1.165) is 32.0 Å². The zero-order valence-corrected chi connectivity index (χ0v) is 9.08. The van der Waals surface area contributed by atoms with E-state index in [1.165, 1.54) is 19.3 Å². The van der Waals surface area contributed by atoms with Gasteiger partial charge in [-0.25, -0.2) is 0 Å². The molecule has 0 aromatic rings. The van der Waals surface area contributed by atoms with Crippen molar-refractivity contribution in [3.05, 3.63) is 0 Å². The largest absolute Gasteiger partial charge is 0.392 e. The third-order valence-corrected chi connectivity index (χ3v) is 3.52. The average Bonchev–Trinajstić information content (AvgIpc) is 2.93. The summed E-state index contributed by atoms with van der Waals surface area (Å²) in [7, 11) is 2.20. The molecule has 14 heavy (non-hydrogen) atoms. The van der Waals surface area contributed by atoms with Gasteiger partial charge in [-0.1, -0.05) is 0 Å². The maximum atomic E-state index is 9.60. The lowest BCUT2D eigenvalue weighted by Crippen LogP contribution is -2.40. The van der Waals surface area contributed by atoms with Gasteiger partial charge in [-0.05, 0) is 39.2 Å². The Hall–Kier alpha value is -0.120. The van der Waals surface area contributed by atoms with Gasteiger partial charge in [0.1, 0.15) is 0 Å². The van der Waals surface area contributed by atoms with Crippen LogP contribution in [-0.2, 0) is 0 Å². The van der Waals surface area contributed by atoms with Crippen LogP contribution in [0.4, 0.5) is 0 Å². The first-order chi connectivity index (χ1) is 6.77. The SMILES string of the molecule is CN(CCN[C@H]1CCC[C@@H]1O)C1CC1. The normalized spacial score (nSPS) is 32.8. The second kappa shape index (κ2) is 4.60. The van der Waals surface area contributed by atoms with Crippen LogP contribution in [-0.4, -0.2) is 48.3 Å². The monoisotopic (exact) mass is 198 g/mol. The Bertz CT molecular complexity index is 182. The minimum absolute atomic E-state index is 0.0961. The van der Waals surface area contributed by atoms with Gasteiger partial charge in [0.15, 0.2) is 0 Å². The van der Waals surface area contributed by atoms with E-state index in [1.807, 2.05) is 0 Å². The van der Waals surface area contributed by atoms with Gasteiger partial charge in [0.2, 0.25) is 0 Å². The van der Waals surface area contributed by atoms with Gasteiger partial charge in [-0.2, -0.15) is 0 Å². The number of hydrogen-bond acceptors (Lipinski definition) is 3. The average molecular weight is 198 g/mol. The van der Waals surface area contributed by atoms with Crippen LogP contribution in [0.2, 0.25) is 0 Å². The third-order valence-electron chi connectivity index (χ3n) is 3.52. The van der Waals surface area contributed by atoms with E-state index in [0.29, 0.717) is 6.04 Å². The van der Waals surface area contributed by atoms with Crippen molar-refractivity contribution in [3.63, 3.8) is 0 Å². The Morgan fingerprint density at radius 1 is 1.29 bits per heavy atom. The standard InChI is InChI=1S/C11H22N2O/c1-13(9-5-6-9)8-7-12-10-3-2-4-11(10)14/h9-12,14H,2-8H2,1H3/t10-,11-/m0/s1. The van der Waals surface area contributed by atoms with Gasteiger partial charge in [0.05, 0.1) is 6.10 Å². The second-order valence-corrected chi connectivity index (χ2v) is 4.77. The number of rotatable bonds is 5. The summed E-state index contributed by atoms with van der Waals surface area (Å²) in [4.78, 5) is 2.42. The predicted molar refractivity (Wildman–Crippen MR) is 57.3 cm³/mol. The van der Waals surface area contributed by atoms with E-state index in [2.05, 4.69) is 17.3 Å². The number of aliphatic hydroxyl groups is 1. The van der Waals surface area contributed by atoms with E-state index >= 15 is 0 Å². The van der Waals surface area contributed by atoms with Crippen molar-refractivity contribution in [2.45, 2.75) is 50.3 Å². The van der Waals surface area contributed by atoms with Gasteiger partial charge in [-0.3, -0.25) is 0 Å². The van der Waals surface area contributed by atoms with Crippen LogP contribution in [0.1, 0.15) is 32.1 Å². The van der Waals surface area contributed by atoms with Crippen LogP contribution in [0, 0.1) is 0 Å². The lowest BCUT2D eigenvalue weighted by atomic mass is 10.2. The summed E-state index contributed by atoms with van der Waals surface area (Å²) in [6.07, 6.45) is 5.97. The molecule has 2 aliphatic carbocycles. The lowest BCUT2D eigenvalue weighted by molar-refractivity contribution is 0.147. The van der Waals surface area contributed by atoms with Crippen molar-refractivity contribution in [1.82, 2.24) is 10.2 Å². The topological polar surface area (TPSA) is 35.5 Å². The highest BCUT2D eigenvalue weighted by Crippen LogP contribution is 2.24. The van der Waals surface area contributed by atoms with Crippen LogP contribution in [0.5, 0.6) is 0 Å². The van der Waals surface area contributed by atoms with Crippen molar-refractivity contribution < 1.29 is 5.11 Å². The Kier molecular flexibility index (Phi) is 3.42. The van der Waals surface area contributed by atoms with Gasteiger partial charge in [0, 0.05) is 25.2 Å². The van der Waals surface area contributed by atoms with Crippen LogP contribution >= 0.6 is 0 Å². The van der Waals surface area contributed by atoms with Crippen LogP contribution < -0.4 is 5.32 Å². The molecule has 3 heteroatoms. The summed E-state index contributed by atoms with van der Waals surface area (Å²) >= 11 is 0. The fourth-order valence-corrected chi connectivity index (χ4v) is 2.30. The molecular weight excluding hydrogens is 176 g/mol. The summed E-state index contributed by atoms with van der Waals surface area (Å²) in [6.45, 7) is 2.14. The van der Waals surface area contributed by atoms with E-state index in [-0.39, 0.29) is 6.10 Å². The maximum absolute atomic E-state index is 9.60. The molecule has 2 saturated carbocycles. The van der Waals surface area contributed by atoms with Crippen molar-refractivity contribution in [2.75, 3.05) is 20.1 Å². The van der Waals surface area contributed by atoms with Gasteiger partial charge < -0.3 is 15.3 Å². The summed E-state index contributed by atoms with van der Waals surface area (Å²) in [6, 6.07) is 1.22. The van der Waals surface area contributed by atoms with E-state index in [9.17, 15) is 5.11 Å². The van der Waals surface area contributed by atoms with Crippen molar-refractivity contribution >= 4 is 0 Å². The first-order valence-corrected chi connectivity index (χ1v) is 5.89. The molecule has 2 rings (SSSR count). The number of hydrogen-bond donors (Lipinski definition) is 2. The van der Waals surface area contributed by atoms with E-state index in [4.69, 9.17) is 0 Å². The van der Waals surface area contributed by atoms with Crippen molar-refractivity contribution in [3.8, 4) is 0 Å². The van der Waals surface area contributed by atoms with E-state index < -0.39 is 0 Å². The molecule has 0 aromatic carbocycles. The molecule has 0 aliphatic heterocycles. The smallest absolute Gasteiger partial charge is 0.0693 e.